The highest BCUT2D eigenvalue weighted by Gasteiger charge is 2.32. The second kappa shape index (κ2) is 11.5. The van der Waals surface area contributed by atoms with E-state index in [4.69, 9.17) is 9.72 Å². The summed E-state index contributed by atoms with van der Waals surface area (Å²) in [7, 11) is 2.08. The van der Waals surface area contributed by atoms with Crippen LogP contribution in [0.15, 0.2) is 37.2 Å². The van der Waals surface area contributed by atoms with Gasteiger partial charge in [-0.05, 0) is 51.1 Å². The Kier molecular flexibility index (Phi) is 7.64. The van der Waals surface area contributed by atoms with E-state index >= 15 is 0 Å². The fraction of sp³-hybridized carbons (Fsp3) is 0.419. The third-order valence-electron chi connectivity index (χ3n) is 8.69. The van der Waals surface area contributed by atoms with Crippen LogP contribution in [0.5, 0.6) is 5.88 Å². The van der Waals surface area contributed by atoms with E-state index in [0.29, 0.717) is 80.2 Å². The minimum absolute atomic E-state index is 0.104. The van der Waals surface area contributed by atoms with Crippen LogP contribution in [0.4, 0.5) is 20.2 Å². The first-order chi connectivity index (χ1) is 20.4. The number of likely N-dealkylation sites (N-methyl/N-ethyl adjacent to an activating group) is 1. The standard InChI is InChI=1S/C31H33F2N7O2/c1-3-29(41)38-9-11-39(12-10-38)30-22-6-8-40(28-17-35-16-20-13-25(32)26(33)14-23(20)28)18-27(22)36-31(24(30)15-34)42-19-21-5-4-7-37(21)2/h3,13-14,16-17,21H,1,4-12,18-19H2,2H3/t21-/m0/s1. The summed E-state index contributed by atoms with van der Waals surface area (Å²) < 4.78 is 34.5. The van der Waals surface area contributed by atoms with Gasteiger partial charge in [0.05, 0.1) is 29.8 Å². The van der Waals surface area contributed by atoms with Crippen molar-refractivity contribution in [2.75, 3.05) is 62.7 Å². The van der Waals surface area contributed by atoms with E-state index in [2.05, 4.69) is 39.4 Å². The smallest absolute Gasteiger partial charge is 0.246 e. The van der Waals surface area contributed by atoms with Crippen molar-refractivity contribution in [3.63, 3.8) is 0 Å². The number of ether oxygens (including phenoxy) is 1. The summed E-state index contributed by atoms with van der Waals surface area (Å²) in [5.41, 5.74) is 3.66. The van der Waals surface area contributed by atoms with Gasteiger partial charge in [0, 0.05) is 61.3 Å². The molecule has 0 unspecified atom stereocenters. The van der Waals surface area contributed by atoms with Gasteiger partial charge in [0.1, 0.15) is 18.2 Å². The van der Waals surface area contributed by atoms with Crippen LogP contribution in [0.3, 0.4) is 0 Å². The van der Waals surface area contributed by atoms with Crippen molar-refractivity contribution in [2.24, 2.45) is 0 Å². The van der Waals surface area contributed by atoms with Crippen molar-refractivity contribution in [1.82, 2.24) is 19.8 Å². The molecule has 9 nitrogen and oxygen atoms in total. The van der Waals surface area contributed by atoms with E-state index in [1.807, 2.05) is 0 Å². The number of rotatable bonds is 6. The van der Waals surface area contributed by atoms with Gasteiger partial charge in [-0.15, -0.1) is 0 Å². The number of carbonyl (C=O) groups is 1. The number of aromatic nitrogens is 2. The van der Waals surface area contributed by atoms with Crippen LogP contribution in [-0.2, 0) is 17.8 Å². The van der Waals surface area contributed by atoms with Crippen LogP contribution in [0, 0.1) is 23.0 Å². The lowest BCUT2D eigenvalue weighted by Crippen LogP contribution is -2.49. The van der Waals surface area contributed by atoms with E-state index in [0.717, 1.165) is 42.4 Å². The third kappa shape index (κ3) is 5.11. The second-order valence-electron chi connectivity index (χ2n) is 11.1. The maximum absolute atomic E-state index is 14.3. The first-order valence-electron chi connectivity index (χ1n) is 14.3. The SMILES string of the molecule is C=CC(=O)N1CCN(c2c(C#N)c(OC[C@@H]3CCCN3C)nc3c2CCN(c2cncc4cc(F)c(F)cc24)C3)CC1. The lowest BCUT2D eigenvalue weighted by molar-refractivity contribution is -0.126. The number of likely N-dealkylation sites (tertiary alicyclic amines) is 1. The summed E-state index contributed by atoms with van der Waals surface area (Å²) in [5, 5.41) is 11.5. The predicted molar refractivity (Wildman–Crippen MR) is 156 cm³/mol. The Morgan fingerprint density at radius 2 is 1.93 bits per heavy atom. The monoisotopic (exact) mass is 573 g/mol. The van der Waals surface area contributed by atoms with Gasteiger partial charge in [-0.25, -0.2) is 13.8 Å². The van der Waals surface area contributed by atoms with Crippen LogP contribution in [0.1, 0.15) is 29.7 Å². The van der Waals surface area contributed by atoms with Crippen LogP contribution >= 0.6 is 0 Å². The molecule has 3 aliphatic rings. The molecule has 0 aliphatic carbocycles. The number of pyridine rings is 2. The molecule has 0 N–H and O–H groups in total. The molecule has 2 saturated heterocycles. The summed E-state index contributed by atoms with van der Waals surface area (Å²) >= 11 is 0. The minimum Gasteiger partial charge on any atom is -0.475 e. The van der Waals surface area contributed by atoms with E-state index < -0.39 is 11.6 Å². The van der Waals surface area contributed by atoms with Crippen LogP contribution in [0.25, 0.3) is 10.8 Å². The first kappa shape index (κ1) is 27.8. The molecule has 2 aromatic heterocycles. The van der Waals surface area contributed by atoms with Crippen LogP contribution in [0.2, 0.25) is 0 Å². The highest BCUT2D eigenvalue weighted by molar-refractivity contribution is 5.93. The average Bonchev–Trinajstić information content (AvgIpc) is 3.43. The van der Waals surface area contributed by atoms with E-state index in [9.17, 15) is 18.8 Å². The Labute approximate surface area is 243 Å². The molecule has 3 aromatic rings. The molecule has 6 rings (SSSR count). The van der Waals surface area contributed by atoms with Crippen LogP contribution in [-0.4, -0.2) is 84.6 Å². The average molecular weight is 574 g/mol. The number of benzene rings is 1. The summed E-state index contributed by atoms with van der Waals surface area (Å²) in [6.45, 7) is 8.18. The maximum atomic E-state index is 14.3. The Hall–Kier alpha value is -4.30. The van der Waals surface area contributed by atoms with Crippen LogP contribution < -0.4 is 14.5 Å². The molecule has 1 atom stereocenters. The number of halogens is 2. The minimum atomic E-state index is -0.912. The fourth-order valence-electron chi connectivity index (χ4n) is 6.34. The number of nitriles is 1. The van der Waals surface area contributed by atoms with Gasteiger partial charge in [0.15, 0.2) is 11.6 Å². The molecule has 0 radical (unpaired) electrons. The largest absolute Gasteiger partial charge is 0.475 e. The molecule has 42 heavy (non-hydrogen) atoms. The van der Waals surface area contributed by atoms with E-state index in [1.54, 1.807) is 11.1 Å². The number of anilines is 2. The van der Waals surface area contributed by atoms with Gasteiger partial charge in [0.2, 0.25) is 11.8 Å². The first-order valence-corrected chi connectivity index (χ1v) is 14.3. The Bertz CT molecular complexity index is 1580. The second-order valence-corrected chi connectivity index (χ2v) is 11.1. The zero-order chi connectivity index (χ0) is 29.4. The summed E-state index contributed by atoms with van der Waals surface area (Å²) in [6.07, 6.45) is 7.23. The predicted octanol–water partition coefficient (Wildman–Crippen LogP) is 3.65. The normalized spacial score (nSPS) is 19.1. The molecule has 5 heterocycles. The van der Waals surface area contributed by atoms with Gasteiger partial charge in [-0.2, -0.15) is 5.26 Å². The molecule has 218 valence electrons. The molecular weight excluding hydrogens is 540 g/mol. The fourth-order valence-corrected chi connectivity index (χ4v) is 6.34. The lowest BCUT2D eigenvalue weighted by Gasteiger charge is -2.39. The highest BCUT2D eigenvalue weighted by atomic mass is 19.2. The topological polar surface area (TPSA) is 88.8 Å². The number of carbonyl (C=O) groups excluding carboxylic acids is 1. The third-order valence-corrected chi connectivity index (χ3v) is 8.69. The van der Waals surface area contributed by atoms with Crippen molar-refractivity contribution in [1.29, 1.82) is 5.26 Å². The maximum Gasteiger partial charge on any atom is 0.246 e. The zero-order valence-corrected chi connectivity index (χ0v) is 23.7. The molecular formula is C31H33F2N7O2. The number of fused-ring (bicyclic) bond motifs is 2. The number of nitrogens with zero attached hydrogens (tertiary/aromatic N) is 7. The summed E-state index contributed by atoms with van der Waals surface area (Å²) in [5.74, 6) is -1.62. The lowest BCUT2D eigenvalue weighted by atomic mass is 9.97. The zero-order valence-electron chi connectivity index (χ0n) is 23.7. The molecule has 3 aliphatic heterocycles. The van der Waals surface area contributed by atoms with Gasteiger partial charge < -0.3 is 24.3 Å². The molecule has 0 saturated carbocycles. The van der Waals surface area contributed by atoms with Gasteiger partial charge >= 0.3 is 0 Å². The van der Waals surface area contributed by atoms with Crippen molar-refractivity contribution in [2.45, 2.75) is 31.8 Å². The molecule has 11 heteroatoms. The Morgan fingerprint density at radius 3 is 2.64 bits per heavy atom. The molecule has 0 spiro atoms. The van der Waals surface area contributed by atoms with Crippen molar-refractivity contribution < 1.29 is 18.3 Å². The molecule has 2 fully saturated rings. The van der Waals surface area contributed by atoms with Gasteiger partial charge in [-0.3, -0.25) is 9.78 Å². The van der Waals surface area contributed by atoms with Gasteiger partial charge in [0.25, 0.3) is 0 Å². The number of hydrogen-bond acceptors (Lipinski definition) is 8. The quantitative estimate of drug-likeness (QED) is 0.413. The Balaban J connectivity index is 1.37. The summed E-state index contributed by atoms with van der Waals surface area (Å²) in [4.78, 5) is 29.6. The number of hydrogen-bond donors (Lipinski definition) is 0. The summed E-state index contributed by atoms with van der Waals surface area (Å²) in [6, 6.07) is 5.01. The molecule has 1 amide bonds. The van der Waals surface area contributed by atoms with Crippen molar-refractivity contribution in [3.8, 4) is 11.9 Å². The number of piperazine rings is 1. The van der Waals surface area contributed by atoms with Crippen molar-refractivity contribution in [3.05, 3.63) is 65.6 Å². The Morgan fingerprint density at radius 1 is 1.14 bits per heavy atom. The van der Waals surface area contributed by atoms with Crippen molar-refractivity contribution >= 4 is 28.1 Å². The van der Waals surface area contributed by atoms with E-state index in [-0.39, 0.29) is 11.9 Å². The van der Waals surface area contributed by atoms with E-state index in [1.165, 1.54) is 18.3 Å². The van der Waals surface area contributed by atoms with Gasteiger partial charge in [-0.1, -0.05) is 6.58 Å². The highest BCUT2D eigenvalue weighted by Crippen LogP contribution is 2.39. The molecule has 1 aromatic carbocycles. The number of amides is 1. The molecule has 0 bridgehead atoms.